The van der Waals surface area contributed by atoms with Crippen molar-refractivity contribution in [2.24, 2.45) is 0 Å². The summed E-state index contributed by atoms with van der Waals surface area (Å²) in [5, 5.41) is 6.28. The van der Waals surface area contributed by atoms with Crippen molar-refractivity contribution in [1.82, 2.24) is 15.0 Å². The molecule has 2 amide bonds. The van der Waals surface area contributed by atoms with Gasteiger partial charge in [-0.05, 0) is 66.6 Å². The van der Waals surface area contributed by atoms with Crippen LogP contribution in [0.15, 0.2) is 73.2 Å². The number of aromatic nitrogens is 3. The molecule has 0 saturated heterocycles. The first-order valence-corrected chi connectivity index (χ1v) is 12.5. The summed E-state index contributed by atoms with van der Waals surface area (Å²) in [6.07, 6.45) is 6.28. The summed E-state index contributed by atoms with van der Waals surface area (Å²) in [5.74, 6) is 1.08. The van der Waals surface area contributed by atoms with Crippen molar-refractivity contribution < 1.29 is 9.59 Å². The molecule has 37 heavy (non-hydrogen) atoms. The predicted octanol–water partition coefficient (Wildman–Crippen LogP) is 4.20. The Morgan fingerprint density at radius 1 is 0.946 bits per heavy atom. The second kappa shape index (κ2) is 8.23. The van der Waals surface area contributed by atoms with Crippen LogP contribution < -0.4 is 15.5 Å². The highest BCUT2D eigenvalue weighted by molar-refractivity contribution is 6.07. The molecule has 4 heterocycles. The highest BCUT2D eigenvalue weighted by Crippen LogP contribution is 2.47. The lowest BCUT2D eigenvalue weighted by atomic mass is 9.79. The molecule has 1 spiro atoms. The van der Waals surface area contributed by atoms with Gasteiger partial charge < -0.3 is 15.5 Å². The van der Waals surface area contributed by atoms with Crippen LogP contribution in [0.3, 0.4) is 0 Å². The fourth-order valence-electron chi connectivity index (χ4n) is 5.92. The van der Waals surface area contributed by atoms with Gasteiger partial charge in [0.1, 0.15) is 23.7 Å². The highest BCUT2D eigenvalue weighted by atomic mass is 16.2. The van der Waals surface area contributed by atoms with Crippen LogP contribution in [0, 0.1) is 0 Å². The number of carbonyl (C=O) groups is 2. The van der Waals surface area contributed by atoms with E-state index in [4.69, 9.17) is 0 Å². The SMILES string of the molecule is O=C(c1cc(Nc2ccc3c(c2)CC2(C3)C(=O)Nc3ncccc32)ncn1)N1CCCc2ccccc21. The van der Waals surface area contributed by atoms with E-state index in [9.17, 15) is 9.59 Å². The van der Waals surface area contributed by atoms with Crippen molar-refractivity contribution >= 4 is 34.8 Å². The number of hydrogen-bond acceptors (Lipinski definition) is 6. The van der Waals surface area contributed by atoms with Gasteiger partial charge in [-0.25, -0.2) is 15.0 Å². The van der Waals surface area contributed by atoms with E-state index in [0.29, 0.717) is 36.7 Å². The molecule has 1 aliphatic carbocycles. The van der Waals surface area contributed by atoms with Gasteiger partial charge in [0.2, 0.25) is 5.91 Å². The van der Waals surface area contributed by atoms with Crippen molar-refractivity contribution in [3.05, 3.63) is 101 Å². The second-order valence-electron chi connectivity index (χ2n) is 9.88. The molecule has 2 N–H and O–H groups in total. The summed E-state index contributed by atoms with van der Waals surface area (Å²) in [7, 11) is 0. The molecule has 8 heteroatoms. The standard InChI is InChI=1S/C29H24N6O2/c36-27(35-12-4-6-18-5-1-2-8-24(18)35)23-14-25(32-17-31-23)33-21-10-9-19-15-29(16-20(19)13-21)22-7-3-11-30-26(22)34-28(29)37/h1-3,5,7-11,13-14,17H,4,6,12,15-16H2,(H,30,34,37)(H,31,32,33). The Kier molecular flexibility index (Phi) is 4.82. The van der Waals surface area contributed by atoms with Gasteiger partial charge in [-0.2, -0.15) is 0 Å². The number of amides is 2. The molecule has 4 aromatic rings. The maximum Gasteiger partial charge on any atom is 0.277 e. The second-order valence-corrected chi connectivity index (χ2v) is 9.88. The molecule has 182 valence electrons. The number of pyridine rings is 1. The number of nitrogens with one attached hydrogen (secondary N) is 2. The fourth-order valence-corrected chi connectivity index (χ4v) is 5.92. The van der Waals surface area contributed by atoms with E-state index in [1.54, 1.807) is 17.2 Å². The normalized spacial score (nSPS) is 19.2. The van der Waals surface area contributed by atoms with E-state index in [1.165, 1.54) is 11.9 Å². The van der Waals surface area contributed by atoms with Crippen molar-refractivity contribution in [3.63, 3.8) is 0 Å². The van der Waals surface area contributed by atoms with Crippen molar-refractivity contribution in [2.75, 3.05) is 22.1 Å². The summed E-state index contributed by atoms with van der Waals surface area (Å²) in [4.78, 5) is 41.1. The summed E-state index contributed by atoms with van der Waals surface area (Å²) in [6.45, 7) is 0.668. The van der Waals surface area contributed by atoms with Crippen LogP contribution in [0.2, 0.25) is 0 Å². The molecule has 8 nitrogen and oxygen atoms in total. The highest BCUT2D eigenvalue weighted by Gasteiger charge is 2.51. The van der Waals surface area contributed by atoms with Gasteiger partial charge in [0.25, 0.3) is 5.91 Å². The number of para-hydroxylation sites is 1. The van der Waals surface area contributed by atoms with Crippen LogP contribution in [0.4, 0.5) is 23.0 Å². The maximum absolute atomic E-state index is 13.4. The van der Waals surface area contributed by atoms with E-state index >= 15 is 0 Å². The van der Waals surface area contributed by atoms with Gasteiger partial charge in [-0.3, -0.25) is 9.59 Å². The number of aryl methyl sites for hydroxylation is 1. The number of hydrogen-bond donors (Lipinski definition) is 2. The van der Waals surface area contributed by atoms with Crippen LogP contribution in [0.1, 0.15) is 39.2 Å². The topological polar surface area (TPSA) is 100 Å². The van der Waals surface area contributed by atoms with Crippen molar-refractivity contribution in [2.45, 2.75) is 31.1 Å². The van der Waals surface area contributed by atoms with Gasteiger partial charge in [0, 0.05) is 35.7 Å². The van der Waals surface area contributed by atoms with Gasteiger partial charge in [-0.15, -0.1) is 0 Å². The molecule has 7 rings (SSSR count). The van der Waals surface area contributed by atoms with E-state index in [1.807, 2.05) is 36.4 Å². The van der Waals surface area contributed by atoms with Crippen LogP contribution in [-0.4, -0.2) is 33.3 Å². The number of benzene rings is 2. The van der Waals surface area contributed by atoms with E-state index in [0.717, 1.165) is 40.9 Å². The van der Waals surface area contributed by atoms with Gasteiger partial charge in [0.05, 0.1) is 5.41 Å². The first kappa shape index (κ1) is 21.7. The third-order valence-electron chi connectivity index (χ3n) is 7.69. The van der Waals surface area contributed by atoms with E-state index in [-0.39, 0.29) is 11.8 Å². The molecular formula is C29H24N6O2. The molecule has 0 saturated carbocycles. The first-order valence-electron chi connectivity index (χ1n) is 12.5. The van der Waals surface area contributed by atoms with Gasteiger partial charge in [-0.1, -0.05) is 30.3 Å². The van der Waals surface area contributed by atoms with Crippen LogP contribution in [-0.2, 0) is 29.5 Å². The molecule has 1 unspecified atom stereocenters. The lowest BCUT2D eigenvalue weighted by Crippen LogP contribution is -2.36. The maximum atomic E-state index is 13.4. The molecule has 0 radical (unpaired) electrons. The smallest absolute Gasteiger partial charge is 0.277 e. The third-order valence-corrected chi connectivity index (χ3v) is 7.69. The Morgan fingerprint density at radius 2 is 1.84 bits per heavy atom. The number of fused-ring (bicyclic) bond motifs is 4. The monoisotopic (exact) mass is 488 g/mol. The van der Waals surface area contributed by atoms with E-state index in [2.05, 4.69) is 43.8 Å². The van der Waals surface area contributed by atoms with Crippen molar-refractivity contribution in [3.8, 4) is 0 Å². The average molecular weight is 489 g/mol. The Balaban J connectivity index is 1.13. The number of rotatable bonds is 3. The summed E-state index contributed by atoms with van der Waals surface area (Å²) < 4.78 is 0. The molecule has 3 aliphatic rings. The summed E-state index contributed by atoms with van der Waals surface area (Å²) >= 11 is 0. The van der Waals surface area contributed by atoms with Crippen LogP contribution >= 0.6 is 0 Å². The van der Waals surface area contributed by atoms with Crippen LogP contribution in [0.5, 0.6) is 0 Å². The van der Waals surface area contributed by atoms with Crippen molar-refractivity contribution in [1.29, 1.82) is 0 Å². The zero-order chi connectivity index (χ0) is 25.0. The minimum absolute atomic E-state index is 0.00477. The fraction of sp³-hybridized carbons (Fsp3) is 0.207. The lowest BCUT2D eigenvalue weighted by Gasteiger charge is -2.29. The predicted molar refractivity (Wildman–Crippen MR) is 140 cm³/mol. The van der Waals surface area contributed by atoms with Gasteiger partial charge in [0.15, 0.2) is 0 Å². The number of anilines is 4. The zero-order valence-corrected chi connectivity index (χ0v) is 20.1. The molecule has 2 aromatic heterocycles. The Morgan fingerprint density at radius 3 is 2.78 bits per heavy atom. The Hall–Kier alpha value is -4.59. The average Bonchev–Trinajstić information content (AvgIpc) is 3.45. The summed E-state index contributed by atoms with van der Waals surface area (Å²) in [6, 6.07) is 19.7. The molecule has 2 aromatic carbocycles. The third kappa shape index (κ3) is 3.48. The minimum atomic E-state index is -0.607. The van der Waals surface area contributed by atoms with Gasteiger partial charge >= 0.3 is 0 Å². The lowest BCUT2D eigenvalue weighted by molar-refractivity contribution is -0.120. The molecule has 0 fully saturated rings. The zero-order valence-electron chi connectivity index (χ0n) is 20.1. The first-order chi connectivity index (χ1) is 18.1. The molecule has 2 aliphatic heterocycles. The summed E-state index contributed by atoms with van der Waals surface area (Å²) in [5.41, 5.74) is 5.95. The Labute approximate surface area is 213 Å². The quantitative estimate of drug-likeness (QED) is 0.448. The molecule has 1 atom stereocenters. The molecular weight excluding hydrogens is 464 g/mol. The Bertz CT molecular complexity index is 1580. The minimum Gasteiger partial charge on any atom is -0.340 e. The van der Waals surface area contributed by atoms with Crippen LogP contribution in [0.25, 0.3) is 0 Å². The van der Waals surface area contributed by atoms with E-state index < -0.39 is 5.41 Å². The largest absolute Gasteiger partial charge is 0.340 e. The molecule has 0 bridgehead atoms. The number of carbonyl (C=O) groups excluding carboxylic acids is 2. The number of nitrogens with zero attached hydrogens (tertiary/aromatic N) is 4.